The van der Waals surface area contributed by atoms with Crippen LogP contribution in [0.1, 0.15) is 42.7 Å². The van der Waals surface area contributed by atoms with E-state index < -0.39 is 11.2 Å². The first-order valence-electron chi connectivity index (χ1n) is 13.0. The molecule has 204 valence electrons. The Bertz CT molecular complexity index is 1720. The number of fused-ring (bicyclic) bond motifs is 3. The van der Waals surface area contributed by atoms with Crippen molar-refractivity contribution >= 4 is 50.7 Å². The van der Waals surface area contributed by atoms with Crippen molar-refractivity contribution in [1.82, 2.24) is 19.1 Å². The van der Waals surface area contributed by atoms with E-state index in [0.717, 1.165) is 48.6 Å². The van der Waals surface area contributed by atoms with Gasteiger partial charge in [-0.3, -0.25) is 28.5 Å². The molecule has 0 radical (unpaired) electrons. The SMILES string of the molecule is CCN(C(=O)CSc1nc2sc3c(c2c(=O)n1CC)CCCC3)c1c(N)n(Cc2ccccc2)c(=O)[nH]c1=O. The summed E-state index contributed by atoms with van der Waals surface area (Å²) in [5, 5.41) is 1.18. The van der Waals surface area contributed by atoms with Crippen LogP contribution in [0.5, 0.6) is 0 Å². The van der Waals surface area contributed by atoms with Crippen LogP contribution in [0.3, 0.4) is 0 Å². The van der Waals surface area contributed by atoms with Gasteiger partial charge in [0.15, 0.2) is 10.8 Å². The maximum absolute atomic E-state index is 13.4. The molecule has 3 heterocycles. The molecule has 0 saturated heterocycles. The quantitative estimate of drug-likeness (QED) is 0.247. The zero-order valence-electron chi connectivity index (χ0n) is 21.9. The number of thioether (sulfide) groups is 1. The molecule has 1 aliphatic rings. The molecule has 0 aliphatic heterocycles. The Labute approximate surface area is 232 Å². The molecule has 10 nitrogen and oxygen atoms in total. The van der Waals surface area contributed by atoms with Crippen LogP contribution in [0, 0.1) is 0 Å². The number of nitrogens with two attached hydrogens (primary N) is 1. The number of nitrogens with one attached hydrogen (secondary N) is 1. The molecule has 1 aliphatic carbocycles. The summed E-state index contributed by atoms with van der Waals surface area (Å²) in [7, 11) is 0. The Morgan fingerprint density at radius 2 is 1.87 bits per heavy atom. The monoisotopic (exact) mass is 566 g/mol. The average molecular weight is 567 g/mol. The summed E-state index contributed by atoms with van der Waals surface area (Å²) in [6.07, 6.45) is 4.06. The van der Waals surface area contributed by atoms with Gasteiger partial charge in [0.2, 0.25) is 5.91 Å². The van der Waals surface area contributed by atoms with Gasteiger partial charge >= 0.3 is 5.69 Å². The Morgan fingerprint density at radius 3 is 2.59 bits per heavy atom. The summed E-state index contributed by atoms with van der Waals surface area (Å²) in [6.45, 7) is 4.36. The van der Waals surface area contributed by atoms with Gasteiger partial charge in [-0.2, -0.15) is 0 Å². The van der Waals surface area contributed by atoms with Crippen LogP contribution >= 0.6 is 23.1 Å². The third-order valence-electron chi connectivity index (χ3n) is 6.97. The van der Waals surface area contributed by atoms with Crippen molar-refractivity contribution < 1.29 is 4.79 Å². The van der Waals surface area contributed by atoms with E-state index in [1.54, 1.807) is 22.8 Å². The number of thiophene rings is 1. The second-order valence-electron chi connectivity index (χ2n) is 9.33. The van der Waals surface area contributed by atoms with E-state index in [1.165, 1.54) is 14.3 Å². The number of hydrogen-bond donors (Lipinski definition) is 2. The van der Waals surface area contributed by atoms with Crippen molar-refractivity contribution in [2.45, 2.75) is 57.8 Å². The lowest BCUT2D eigenvalue weighted by Gasteiger charge is -2.23. The van der Waals surface area contributed by atoms with Crippen LogP contribution < -0.4 is 27.4 Å². The fraction of sp³-hybridized carbons (Fsp3) is 0.370. The number of rotatable bonds is 8. The largest absolute Gasteiger partial charge is 0.383 e. The van der Waals surface area contributed by atoms with Crippen molar-refractivity contribution in [1.29, 1.82) is 0 Å². The summed E-state index contributed by atoms with van der Waals surface area (Å²) in [5.74, 6) is -0.526. The average Bonchev–Trinajstić information content (AvgIpc) is 3.31. The van der Waals surface area contributed by atoms with E-state index in [4.69, 9.17) is 10.7 Å². The Kier molecular flexibility index (Phi) is 7.76. The number of carbonyl (C=O) groups is 1. The van der Waals surface area contributed by atoms with Gasteiger partial charge in [0.25, 0.3) is 11.1 Å². The Hall–Kier alpha value is -3.64. The molecule has 0 atom stereocenters. The summed E-state index contributed by atoms with van der Waals surface area (Å²) < 4.78 is 2.86. The van der Waals surface area contributed by atoms with E-state index in [2.05, 4.69) is 4.98 Å². The van der Waals surface area contributed by atoms with Crippen LogP contribution in [-0.2, 0) is 30.7 Å². The van der Waals surface area contributed by atoms with E-state index in [0.29, 0.717) is 21.9 Å². The van der Waals surface area contributed by atoms with E-state index in [-0.39, 0.29) is 41.8 Å². The second kappa shape index (κ2) is 11.2. The smallest absolute Gasteiger partial charge is 0.330 e. The second-order valence-corrected chi connectivity index (χ2v) is 11.4. The maximum Gasteiger partial charge on any atom is 0.330 e. The van der Waals surface area contributed by atoms with E-state index in [1.807, 2.05) is 37.3 Å². The fourth-order valence-corrected chi connectivity index (χ4v) is 7.28. The molecule has 12 heteroatoms. The van der Waals surface area contributed by atoms with Crippen molar-refractivity contribution in [3.63, 3.8) is 0 Å². The Morgan fingerprint density at radius 1 is 1.13 bits per heavy atom. The minimum atomic E-state index is -0.726. The van der Waals surface area contributed by atoms with Crippen LogP contribution in [0.2, 0.25) is 0 Å². The third kappa shape index (κ3) is 5.06. The van der Waals surface area contributed by atoms with Crippen LogP contribution in [0.25, 0.3) is 10.2 Å². The third-order valence-corrected chi connectivity index (χ3v) is 9.11. The van der Waals surface area contributed by atoms with Gasteiger partial charge in [-0.15, -0.1) is 11.3 Å². The topological polar surface area (TPSA) is 136 Å². The number of anilines is 2. The molecule has 4 aromatic rings. The first-order valence-corrected chi connectivity index (χ1v) is 14.8. The number of benzene rings is 1. The summed E-state index contributed by atoms with van der Waals surface area (Å²) in [4.78, 5) is 62.5. The fourth-order valence-electron chi connectivity index (χ4n) is 5.03. The number of nitrogen functional groups attached to an aromatic ring is 1. The number of carbonyl (C=O) groups excluding carboxylic acids is 1. The molecule has 0 fully saturated rings. The lowest BCUT2D eigenvalue weighted by Crippen LogP contribution is -2.42. The highest BCUT2D eigenvalue weighted by molar-refractivity contribution is 7.99. The summed E-state index contributed by atoms with van der Waals surface area (Å²) in [6, 6.07) is 9.23. The van der Waals surface area contributed by atoms with Gasteiger partial charge in [0.1, 0.15) is 10.6 Å². The summed E-state index contributed by atoms with van der Waals surface area (Å²) >= 11 is 2.73. The highest BCUT2D eigenvalue weighted by Gasteiger charge is 2.25. The maximum atomic E-state index is 13.4. The van der Waals surface area contributed by atoms with Gasteiger partial charge < -0.3 is 10.6 Å². The zero-order valence-corrected chi connectivity index (χ0v) is 23.5. The number of H-pyrrole nitrogens is 1. The molecule has 3 aromatic heterocycles. The van der Waals surface area contributed by atoms with Crippen LogP contribution in [-0.4, -0.2) is 37.3 Å². The summed E-state index contributed by atoms with van der Waals surface area (Å²) in [5.41, 5.74) is 6.76. The highest BCUT2D eigenvalue weighted by Crippen LogP contribution is 2.34. The number of nitrogens with zero attached hydrogens (tertiary/aromatic N) is 4. The molecule has 5 rings (SSSR count). The molecule has 1 amide bonds. The predicted molar refractivity (Wildman–Crippen MR) is 156 cm³/mol. The van der Waals surface area contributed by atoms with Crippen LogP contribution in [0.4, 0.5) is 11.5 Å². The van der Waals surface area contributed by atoms with E-state index >= 15 is 0 Å². The van der Waals surface area contributed by atoms with Crippen molar-refractivity contribution in [2.75, 3.05) is 22.9 Å². The lowest BCUT2D eigenvalue weighted by molar-refractivity contribution is -0.116. The van der Waals surface area contributed by atoms with Gasteiger partial charge in [0, 0.05) is 18.0 Å². The molecule has 0 saturated carbocycles. The normalized spacial score (nSPS) is 13.0. The number of aromatic nitrogens is 4. The minimum absolute atomic E-state index is 0.0619. The first kappa shape index (κ1) is 26.9. The van der Waals surface area contributed by atoms with Crippen molar-refractivity contribution in [3.05, 3.63) is 77.5 Å². The number of hydrogen-bond acceptors (Lipinski definition) is 8. The molecule has 0 unspecified atom stereocenters. The highest BCUT2D eigenvalue weighted by atomic mass is 32.2. The van der Waals surface area contributed by atoms with Crippen LogP contribution in [0.15, 0.2) is 49.9 Å². The molecule has 39 heavy (non-hydrogen) atoms. The van der Waals surface area contributed by atoms with Gasteiger partial charge in [-0.25, -0.2) is 9.78 Å². The molecular formula is C27H30N6O4S2. The number of aromatic amines is 1. The van der Waals surface area contributed by atoms with Crippen molar-refractivity contribution in [2.24, 2.45) is 0 Å². The number of amides is 1. The molecule has 0 spiro atoms. The Balaban J connectivity index is 1.44. The molecule has 3 N–H and O–H groups in total. The first-order chi connectivity index (χ1) is 18.8. The zero-order chi connectivity index (χ0) is 27.7. The number of aryl methyl sites for hydroxylation is 2. The van der Waals surface area contributed by atoms with Crippen molar-refractivity contribution in [3.8, 4) is 0 Å². The molecular weight excluding hydrogens is 536 g/mol. The lowest BCUT2D eigenvalue weighted by atomic mass is 9.97. The predicted octanol–water partition coefficient (Wildman–Crippen LogP) is 2.98. The van der Waals surface area contributed by atoms with E-state index in [9.17, 15) is 19.2 Å². The van der Waals surface area contributed by atoms with Gasteiger partial charge in [-0.05, 0) is 50.7 Å². The molecule has 0 bridgehead atoms. The van der Waals surface area contributed by atoms with Gasteiger partial charge in [-0.1, -0.05) is 42.1 Å². The molecule has 1 aromatic carbocycles. The standard InChI is InChI=1S/C27H30N6O4S2/c1-3-31(21-22(28)33(26(37)29-23(21)35)14-16-10-6-5-7-11-16)19(34)15-38-27-30-24-20(25(36)32(27)4-2)17-12-8-9-13-18(17)39-24/h5-7,10-11H,3-4,8-9,12-15,28H2,1-2H3,(H,29,35,37). The minimum Gasteiger partial charge on any atom is -0.383 e. The van der Waals surface area contributed by atoms with Gasteiger partial charge in [0.05, 0.1) is 17.7 Å².